The third-order valence-corrected chi connectivity index (χ3v) is 6.59. The summed E-state index contributed by atoms with van der Waals surface area (Å²) < 4.78 is 5.49. The molecule has 4 rings (SSSR count). The number of carbonyl (C=O) groups is 2. The largest absolute Gasteiger partial charge is 0.449 e. The molecule has 6 nitrogen and oxygen atoms in total. The normalized spacial score (nSPS) is 13.0. The van der Waals surface area contributed by atoms with E-state index >= 15 is 0 Å². The molecule has 1 aliphatic carbocycles. The van der Waals surface area contributed by atoms with E-state index in [0.717, 1.165) is 16.7 Å². The summed E-state index contributed by atoms with van der Waals surface area (Å²) in [5, 5.41) is 6.30. The summed E-state index contributed by atoms with van der Waals surface area (Å²) in [6, 6.07) is 20.7. The van der Waals surface area contributed by atoms with E-state index in [2.05, 4.69) is 34.9 Å². The number of nitrogens with one attached hydrogen (secondary N) is 2. The second kappa shape index (κ2) is 10.9. The van der Waals surface area contributed by atoms with Gasteiger partial charge in [-0.2, -0.15) is 0 Å². The third-order valence-electron chi connectivity index (χ3n) is 5.86. The van der Waals surface area contributed by atoms with Crippen molar-refractivity contribution in [3.05, 3.63) is 93.5 Å². The van der Waals surface area contributed by atoms with Crippen LogP contribution in [0.2, 0.25) is 10.0 Å². The minimum atomic E-state index is -0.767. The first-order chi connectivity index (χ1) is 16.4. The van der Waals surface area contributed by atoms with Crippen molar-refractivity contribution in [3.8, 4) is 11.1 Å². The van der Waals surface area contributed by atoms with Crippen LogP contribution in [0.1, 0.15) is 29.0 Å². The standard InChI is InChI=1S/C26H25Cl2N3O3/c27-22-10-9-16(13-23(22)28)14-31-25(32)24(29)11-12-30-26(33)34-15-21-19-7-3-1-5-17(19)18-6-2-4-8-20(18)21/h1-10,13,21,24H,11-12,14-15,29H2,(H,30,33)(H,31,32)/t24-/m1/s1. The quantitative estimate of drug-likeness (QED) is 0.413. The maximum Gasteiger partial charge on any atom is 0.407 e. The zero-order valence-electron chi connectivity index (χ0n) is 18.4. The number of hydrogen-bond acceptors (Lipinski definition) is 4. The van der Waals surface area contributed by atoms with Crippen LogP contribution in [0.15, 0.2) is 66.7 Å². The Kier molecular flexibility index (Phi) is 7.73. The average Bonchev–Trinajstić information content (AvgIpc) is 3.17. The lowest BCUT2D eigenvalue weighted by Crippen LogP contribution is -2.42. The van der Waals surface area contributed by atoms with E-state index in [9.17, 15) is 9.59 Å². The predicted octanol–water partition coefficient (Wildman–Crippen LogP) is 4.87. The van der Waals surface area contributed by atoms with Gasteiger partial charge in [-0.25, -0.2) is 4.79 Å². The minimum absolute atomic E-state index is 0.00689. The molecule has 176 valence electrons. The number of alkyl carbamates (subject to hydrolysis) is 1. The fourth-order valence-electron chi connectivity index (χ4n) is 4.08. The summed E-state index contributed by atoms with van der Waals surface area (Å²) in [4.78, 5) is 24.5. The Labute approximate surface area is 208 Å². The Hall–Kier alpha value is -3.06. The summed E-state index contributed by atoms with van der Waals surface area (Å²) in [6.45, 7) is 0.733. The van der Waals surface area contributed by atoms with E-state index in [1.165, 1.54) is 11.1 Å². The lowest BCUT2D eigenvalue weighted by atomic mass is 9.98. The molecule has 0 radical (unpaired) electrons. The van der Waals surface area contributed by atoms with Crippen LogP contribution < -0.4 is 16.4 Å². The Balaban J connectivity index is 1.21. The first-order valence-corrected chi connectivity index (χ1v) is 11.8. The monoisotopic (exact) mass is 497 g/mol. The molecule has 0 saturated heterocycles. The van der Waals surface area contributed by atoms with E-state index in [1.54, 1.807) is 18.2 Å². The van der Waals surface area contributed by atoms with E-state index in [-0.39, 0.29) is 37.9 Å². The van der Waals surface area contributed by atoms with Gasteiger partial charge in [-0.3, -0.25) is 4.79 Å². The van der Waals surface area contributed by atoms with Gasteiger partial charge >= 0.3 is 6.09 Å². The van der Waals surface area contributed by atoms with Gasteiger partial charge in [0.1, 0.15) is 6.61 Å². The Bertz CT molecular complexity index is 1160. The molecule has 34 heavy (non-hydrogen) atoms. The van der Waals surface area contributed by atoms with E-state index in [4.69, 9.17) is 33.7 Å². The van der Waals surface area contributed by atoms with Crippen molar-refractivity contribution in [3.63, 3.8) is 0 Å². The predicted molar refractivity (Wildman–Crippen MR) is 134 cm³/mol. The van der Waals surface area contributed by atoms with Gasteiger partial charge in [0, 0.05) is 19.0 Å². The molecule has 0 unspecified atom stereocenters. The number of carbonyl (C=O) groups excluding carboxylic acids is 2. The van der Waals surface area contributed by atoms with Crippen molar-refractivity contribution in [2.45, 2.75) is 24.9 Å². The number of benzene rings is 3. The van der Waals surface area contributed by atoms with Crippen LogP contribution in [0.3, 0.4) is 0 Å². The summed E-state index contributed by atoms with van der Waals surface area (Å²) in [5.41, 5.74) is 11.4. The van der Waals surface area contributed by atoms with Crippen LogP contribution in [0, 0.1) is 0 Å². The molecular formula is C26H25Cl2N3O3. The molecular weight excluding hydrogens is 473 g/mol. The van der Waals surface area contributed by atoms with Crippen molar-refractivity contribution in [1.82, 2.24) is 10.6 Å². The van der Waals surface area contributed by atoms with Gasteiger partial charge in [-0.1, -0.05) is 77.8 Å². The van der Waals surface area contributed by atoms with E-state index in [0.29, 0.717) is 10.0 Å². The first-order valence-electron chi connectivity index (χ1n) is 11.0. The molecule has 8 heteroatoms. The molecule has 2 amide bonds. The van der Waals surface area contributed by atoms with Crippen LogP contribution in [-0.2, 0) is 16.1 Å². The third kappa shape index (κ3) is 5.53. The van der Waals surface area contributed by atoms with Gasteiger partial charge in [-0.05, 0) is 46.4 Å². The zero-order chi connectivity index (χ0) is 24.1. The second-order valence-corrected chi connectivity index (χ2v) is 8.93. The smallest absolute Gasteiger partial charge is 0.407 e. The lowest BCUT2D eigenvalue weighted by Gasteiger charge is -2.15. The number of rotatable bonds is 8. The van der Waals surface area contributed by atoms with Crippen molar-refractivity contribution in [1.29, 1.82) is 0 Å². The highest BCUT2D eigenvalue weighted by Gasteiger charge is 2.29. The second-order valence-electron chi connectivity index (χ2n) is 8.11. The van der Waals surface area contributed by atoms with Crippen LogP contribution in [0.5, 0.6) is 0 Å². The number of nitrogens with two attached hydrogens (primary N) is 1. The Morgan fingerprint density at radius 3 is 2.21 bits per heavy atom. The van der Waals surface area contributed by atoms with Crippen molar-refractivity contribution in [2.24, 2.45) is 5.73 Å². The summed E-state index contributed by atoms with van der Waals surface area (Å²) in [7, 11) is 0. The summed E-state index contributed by atoms with van der Waals surface area (Å²) >= 11 is 11.9. The molecule has 0 aliphatic heterocycles. The van der Waals surface area contributed by atoms with Gasteiger partial charge in [0.05, 0.1) is 16.1 Å². The fraction of sp³-hybridized carbons (Fsp3) is 0.231. The van der Waals surface area contributed by atoms with Crippen LogP contribution in [-0.4, -0.2) is 31.2 Å². The van der Waals surface area contributed by atoms with Crippen LogP contribution >= 0.6 is 23.2 Å². The molecule has 4 N–H and O–H groups in total. The van der Waals surface area contributed by atoms with Crippen LogP contribution in [0.25, 0.3) is 11.1 Å². The molecule has 1 aliphatic rings. The fourth-order valence-corrected chi connectivity index (χ4v) is 4.40. The number of amides is 2. The molecule has 1 atom stereocenters. The topological polar surface area (TPSA) is 93.4 Å². The van der Waals surface area contributed by atoms with Gasteiger partial charge < -0.3 is 21.1 Å². The maximum absolute atomic E-state index is 12.2. The number of fused-ring (bicyclic) bond motifs is 3. The number of halogens is 2. The average molecular weight is 498 g/mol. The van der Waals surface area contributed by atoms with Gasteiger partial charge in [0.2, 0.25) is 5.91 Å². The highest BCUT2D eigenvalue weighted by Crippen LogP contribution is 2.44. The first kappa shape index (κ1) is 24.1. The molecule has 3 aromatic carbocycles. The lowest BCUT2D eigenvalue weighted by molar-refractivity contribution is -0.122. The molecule has 0 bridgehead atoms. The van der Waals surface area contributed by atoms with Gasteiger partial charge in [0.25, 0.3) is 0 Å². The van der Waals surface area contributed by atoms with Gasteiger partial charge in [0.15, 0.2) is 0 Å². The molecule has 0 aromatic heterocycles. The number of hydrogen-bond donors (Lipinski definition) is 3. The van der Waals surface area contributed by atoms with Crippen molar-refractivity contribution in [2.75, 3.05) is 13.2 Å². The SMILES string of the molecule is N[C@H](CCNC(=O)OCC1c2ccccc2-c2ccccc21)C(=O)NCc1ccc(Cl)c(Cl)c1. The molecule has 0 saturated carbocycles. The summed E-state index contributed by atoms with van der Waals surface area (Å²) in [5.74, 6) is -0.326. The Morgan fingerprint density at radius 1 is 0.912 bits per heavy atom. The van der Waals surface area contributed by atoms with Crippen molar-refractivity contribution < 1.29 is 14.3 Å². The number of ether oxygens (including phenoxy) is 1. The highest BCUT2D eigenvalue weighted by molar-refractivity contribution is 6.42. The minimum Gasteiger partial charge on any atom is -0.449 e. The van der Waals surface area contributed by atoms with Crippen LogP contribution in [0.4, 0.5) is 4.79 Å². The summed E-state index contributed by atoms with van der Waals surface area (Å²) in [6.07, 6.45) is -0.262. The van der Waals surface area contributed by atoms with E-state index in [1.807, 2.05) is 24.3 Å². The zero-order valence-corrected chi connectivity index (χ0v) is 19.9. The van der Waals surface area contributed by atoms with Gasteiger partial charge in [-0.15, -0.1) is 0 Å². The Morgan fingerprint density at radius 2 is 1.56 bits per heavy atom. The molecule has 0 fully saturated rings. The van der Waals surface area contributed by atoms with E-state index < -0.39 is 12.1 Å². The van der Waals surface area contributed by atoms with Crippen molar-refractivity contribution >= 4 is 35.2 Å². The molecule has 0 spiro atoms. The highest BCUT2D eigenvalue weighted by atomic mass is 35.5. The molecule has 3 aromatic rings. The maximum atomic E-state index is 12.2. The molecule has 0 heterocycles.